The zero-order valence-electron chi connectivity index (χ0n) is 11.4. The molecule has 0 fully saturated rings. The van der Waals surface area contributed by atoms with Gasteiger partial charge in [-0.05, 0) is 35.2 Å². The Balaban J connectivity index is 1.66. The average Bonchev–Trinajstić information content (AvgIpc) is 3.18. The number of carbonyl (C=O) groups excluding carboxylic acids is 1. The van der Waals surface area contributed by atoms with E-state index in [2.05, 4.69) is 4.99 Å². The summed E-state index contributed by atoms with van der Waals surface area (Å²) in [5.74, 6) is 1.29. The molecule has 0 bridgehead atoms. The van der Waals surface area contributed by atoms with Gasteiger partial charge in [0.15, 0.2) is 17.2 Å². The lowest BCUT2D eigenvalue weighted by molar-refractivity contribution is -0.129. The van der Waals surface area contributed by atoms with E-state index < -0.39 is 5.97 Å². The third-order valence-electron chi connectivity index (χ3n) is 3.22. The van der Waals surface area contributed by atoms with Gasteiger partial charge in [0.05, 0.1) is 4.88 Å². The first-order valence-corrected chi connectivity index (χ1v) is 7.64. The fourth-order valence-corrected chi connectivity index (χ4v) is 2.87. The zero-order chi connectivity index (χ0) is 14.9. The number of carbonyl (C=O) groups is 1. The van der Waals surface area contributed by atoms with E-state index in [-0.39, 0.29) is 5.70 Å². The molecular formula is C16H11NO4S. The van der Waals surface area contributed by atoms with Gasteiger partial charge in [-0.15, -0.1) is 11.3 Å². The number of esters is 1. The molecule has 0 spiro atoms. The number of hydrogen-bond donors (Lipinski definition) is 0. The molecule has 6 heteroatoms. The Morgan fingerprint density at radius 2 is 2.00 bits per heavy atom. The SMILES string of the molecule is O=C1OC(c2cccs2)=N/C1=C/c1ccc2c(c1)OCCO2. The van der Waals surface area contributed by atoms with E-state index in [4.69, 9.17) is 14.2 Å². The second-order valence-electron chi connectivity index (χ2n) is 4.72. The van der Waals surface area contributed by atoms with E-state index in [1.165, 1.54) is 11.3 Å². The fourth-order valence-electron chi connectivity index (χ4n) is 2.22. The van der Waals surface area contributed by atoms with Crippen LogP contribution in [0.3, 0.4) is 0 Å². The van der Waals surface area contributed by atoms with Crippen molar-refractivity contribution >= 4 is 29.3 Å². The van der Waals surface area contributed by atoms with Crippen LogP contribution in [0.2, 0.25) is 0 Å². The molecule has 0 atom stereocenters. The van der Waals surface area contributed by atoms with Crippen LogP contribution in [0, 0.1) is 0 Å². The molecule has 5 nitrogen and oxygen atoms in total. The first-order chi connectivity index (χ1) is 10.8. The van der Waals surface area contributed by atoms with Crippen molar-refractivity contribution < 1.29 is 19.0 Å². The number of rotatable bonds is 2. The molecule has 4 rings (SSSR count). The summed E-state index contributed by atoms with van der Waals surface area (Å²) in [6, 6.07) is 9.26. The van der Waals surface area contributed by atoms with Crippen LogP contribution in [0.1, 0.15) is 10.4 Å². The van der Waals surface area contributed by atoms with Crippen molar-refractivity contribution in [3.8, 4) is 11.5 Å². The number of cyclic esters (lactones) is 1. The second-order valence-corrected chi connectivity index (χ2v) is 5.66. The molecule has 0 radical (unpaired) electrons. The maximum atomic E-state index is 11.9. The van der Waals surface area contributed by atoms with Crippen LogP contribution >= 0.6 is 11.3 Å². The maximum Gasteiger partial charge on any atom is 0.363 e. The van der Waals surface area contributed by atoms with Gasteiger partial charge in [-0.2, -0.15) is 0 Å². The molecule has 110 valence electrons. The minimum atomic E-state index is -0.446. The summed E-state index contributed by atoms with van der Waals surface area (Å²) in [6.45, 7) is 1.07. The number of nitrogens with zero attached hydrogens (tertiary/aromatic N) is 1. The lowest BCUT2D eigenvalue weighted by Crippen LogP contribution is -2.15. The Morgan fingerprint density at radius 1 is 1.14 bits per heavy atom. The standard InChI is InChI=1S/C16H11NO4S/c18-16-11(17-15(21-16)14-2-1-7-22-14)8-10-3-4-12-13(9-10)20-6-5-19-12/h1-4,7-9H,5-6H2/b11-8+. The molecule has 1 aromatic carbocycles. The van der Waals surface area contributed by atoms with Crippen molar-refractivity contribution in [1.29, 1.82) is 0 Å². The topological polar surface area (TPSA) is 57.1 Å². The molecule has 0 saturated carbocycles. The van der Waals surface area contributed by atoms with E-state index >= 15 is 0 Å². The summed E-state index contributed by atoms with van der Waals surface area (Å²) in [4.78, 5) is 17.0. The number of hydrogen-bond acceptors (Lipinski definition) is 6. The number of fused-ring (bicyclic) bond motifs is 1. The van der Waals surface area contributed by atoms with Gasteiger partial charge in [-0.3, -0.25) is 0 Å². The highest BCUT2D eigenvalue weighted by Gasteiger charge is 2.24. The largest absolute Gasteiger partial charge is 0.486 e. The molecule has 0 N–H and O–H groups in total. The second kappa shape index (κ2) is 5.31. The number of aliphatic imine (C=N–C) groups is 1. The number of benzene rings is 1. The number of ether oxygens (including phenoxy) is 3. The first-order valence-electron chi connectivity index (χ1n) is 6.76. The van der Waals surface area contributed by atoms with Crippen LogP contribution in [0.25, 0.3) is 6.08 Å². The zero-order valence-corrected chi connectivity index (χ0v) is 12.3. The van der Waals surface area contributed by atoms with E-state index in [0.717, 1.165) is 10.4 Å². The van der Waals surface area contributed by atoms with Crippen molar-refractivity contribution in [1.82, 2.24) is 0 Å². The lowest BCUT2D eigenvalue weighted by atomic mass is 10.1. The molecule has 2 aliphatic heterocycles. The predicted octanol–water partition coefficient (Wildman–Crippen LogP) is 2.86. The van der Waals surface area contributed by atoms with Gasteiger partial charge in [0, 0.05) is 0 Å². The molecule has 1 aromatic heterocycles. The van der Waals surface area contributed by atoms with E-state index in [0.29, 0.717) is 30.6 Å². The van der Waals surface area contributed by atoms with Gasteiger partial charge in [0.25, 0.3) is 0 Å². The highest BCUT2D eigenvalue weighted by atomic mass is 32.1. The van der Waals surface area contributed by atoms with E-state index in [1.807, 2.05) is 35.7 Å². The first kappa shape index (κ1) is 13.1. The van der Waals surface area contributed by atoms with Crippen molar-refractivity contribution in [2.45, 2.75) is 0 Å². The predicted molar refractivity (Wildman–Crippen MR) is 82.4 cm³/mol. The van der Waals surface area contributed by atoms with Crippen LogP contribution in [0.4, 0.5) is 0 Å². The molecule has 0 unspecified atom stereocenters. The smallest absolute Gasteiger partial charge is 0.363 e. The van der Waals surface area contributed by atoms with Gasteiger partial charge in [0.1, 0.15) is 13.2 Å². The normalized spacial score (nSPS) is 18.3. The summed E-state index contributed by atoms with van der Waals surface area (Å²) in [5, 5.41) is 1.91. The Kier molecular flexibility index (Phi) is 3.16. The third-order valence-corrected chi connectivity index (χ3v) is 4.08. The Labute approximate surface area is 130 Å². The minimum absolute atomic E-state index is 0.278. The highest BCUT2D eigenvalue weighted by Crippen LogP contribution is 2.32. The summed E-state index contributed by atoms with van der Waals surface area (Å²) < 4.78 is 16.2. The van der Waals surface area contributed by atoms with Crippen molar-refractivity contribution in [3.63, 3.8) is 0 Å². The van der Waals surface area contributed by atoms with Crippen LogP contribution in [0.5, 0.6) is 11.5 Å². The third kappa shape index (κ3) is 2.37. The quantitative estimate of drug-likeness (QED) is 0.632. The lowest BCUT2D eigenvalue weighted by Gasteiger charge is -2.18. The molecule has 0 aliphatic carbocycles. The van der Waals surface area contributed by atoms with Crippen LogP contribution in [-0.4, -0.2) is 25.1 Å². The maximum absolute atomic E-state index is 11.9. The average molecular weight is 313 g/mol. The summed E-state index contributed by atoms with van der Waals surface area (Å²) in [7, 11) is 0. The van der Waals surface area contributed by atoms with Gasteiger partial charge < -0.3 is 14.2 Å². The summed E-state index contributed by atoms with van der Waals surface area (Å²) in [6.07, 6.45) is 1.68. The molecule has 22 heavy (non-hydrogen) atoms. The van der Waals surface area contributed by atoms with Gasteiger partial charge >= 0.3 is 5.97 Å². The van der Waals surface area contributed by atoms with Gasteiger partial charge in [-0.25, -0.2) is 9.79 Å². The van der Waals surface area contributed by atoms with Crippen LogP contribution in [0.15, 0.2) is 46.4 Å². The molecule has 0 saturated heterocycles. The van der Waals surface area contributed by atoms with Crippen molar-refractivity contribution in [3.05, 3.63) is 51.8 Å². The Bertz CT molecular complexity index is 792. The highest BCUT2D eigenvalue weighted by molar-refractivity contribution is 7.12. The van der Waals surface area contributed by atoms with Gasteiger partial charge in [-0.1, -0.05) is 12.1 Å². The Morgan fingerprint density at radius 3 is 2.82 bits per heavy atom. The Hall–Kier alpha value is -2.60. The molecule has 3 heterocycles. The summed E-state index contributed by atoms with van der Waals surface area (Å²) >= 11 is 1.48. The minimum Gasteiger partial charge on any atom is -0.486 e. The van der Waals surface area contributed by atoms with E-state index in [1.54, 1.807) is 6.08 Å². The molecule has 0 amide bonds. The monoisotopic (exact) mass is 313 g/mol. The van der Waals surface area contributed by atoms with Crippen LogP contribution in [-0.2, 0) is 9.53 Å². The molecule has 2 aliphatic rings. The van der Waals surface area contributed by atoms with E-state index in [9.17, 15) is 4.79 Å². The number of thiophene rings is 1. The van der Waals surface area contributed by atoms with Crippen molar-refractivity contribution in [2.24, 2.45) is 4.99 Å². The molecular weight excluding hydrogens is 302 g/mol. The summed E-state index contributed by atoms with van der Waals surface area (Å²) in [5.41, 5.74) is 1.09. The van der Waals surface area contributed by atoms with Gasteiger partial charge in [0.2, 0.25) is 5.90 Å². The van der Waals surface area contributed by atoms with Crippen LogP contribution < -0.4 is 9.47 Å². The fraction of sp³-hybridized carbons (Fsp3) is 0.125. The van der Waals surface area contributed by atoms with Crippen molar-refractivity contribution in [2.75, 3.05) is 13.2 Å². The molecule has 2 aromatic rings.